The van der Waals surface area contributed by atoms with Crippen LogP contribution in [0.1, 0.15) is 4.88 Å². The van der Waals surface area contributed by atoms with Crippen molar-refractivity contribution in [1.82, 2.24) is 0 Å². The molecule has 1 aromatic carbocycles. The van der Waals surface area contributed by atoms with Crippen molar-refractivity contribution in [3.05, 3.63) is 51.4 Å². The van der Waals surface area contributed by atoms with Gasteiger partial charge in [-0.2, -0.15) is 0 Å². The summed E-state index contributed by atoms with van der Waals surface area (Å²) < 4.78 is 13.5. The number of nitrogens with two attached hydrogens (primary N) is 1. The van der Waals surface area contributed by atoms with Gasteiger partial charge in [-0.3, -0.25) is 0 Å². The molecule has 1 unspecified atom stereocenters. The van der Waals surface area contributed by atoms with Crippen LogP contribution in [0, 0.1) is 5.82 Å². The van der Waals surface area contributed by atoms with Crippen molar-refractivity contribution in [2.75, 3.05) is 5.75 Å². The van der Waals surface area contributed by atoms with Gasteiger partial charge in [0, 0.05) is 21.6 Å². The molecule has 0 bridgehead atoms. The second kappa shape index (κ2) is 6.57. The zero-order chi connectivity index (χ0) is 13.0. The molecule has 2 aromatic rings. The van der Waals surface area contributed by atoms with Gasteiger partial charge in [0.2, 0.25) is 0 Å². The highest BCUT2D eigenvalue weighted by molar-refractivity contribution is 7.99. The fraction of sp³-hybridized carbons (Fsp3) is 0.231. The first-order valence-corrected chi connectivity index (χ1v) is 7.69. The lowest BCUT2D eigenvalue weighted by Gasteiger charge is -2.09. The van der Waals surface area contributed by atoms with Gasteiger partial charge in [-0.15, -0.1) is 23.1 Å². The monoisotopic (exact) mass is 301 g/mol. The maximum Gasteiger partial charge on any atom is 0.123 e. The minimum absolute atomic E-state index is 0.0785. The largest absolute Gasteiger partial charge is 0.327 e. The van der Waals surface area contributed by atoms with Gasteiger partial charge in [0.25, 0.3) is 0 Å². The van der Waals surface area contributed by atoms with Crippen LogP contribution in [0.15, 0.2) is 41.3 Å². The number of thioether (sulfide) groups is 1. The van der Waals surface area contributed by atoms with Crippen LogP contribution in [0.25, 0.3) is 0 Å². The van der Waals surface area contributed by atoms with Crippen LogP contribution in [0.4, 0.5) is 4.39 Å². The quantitative estimate of drug-likeness (QED) is 0.838. The van der Waals surface area contributed by atoms with Gasteiger partial charge in [0.05, 0.1) is 4.34 Å². The highest BCUT2D eigenvalue weighted by Gasteiger charge is 2.07. The average Bonchev–Trinajstić information content (AvgIpc) is 2.74. The molecule has 18 heavy (non-hydrogen) atoms. The predicted octanol–water partition coefficient (Wildman–Crippen LogP) is 4.20. The Morgan fingerprint density at radius 3 is 2.56 bits per heavy atom. The maximum atomic E-state index is 12.7. The van der Waals surface area contributed by atoms with Crippen LogP contribution in [0.5, 0.6) is 0 Å². The number of rotatable bonds is 5. The van der Waals surface area contributed by atoms with Crippen molar-refractivity contribution in [3.8, 4) is 0 Å². The lowest BCUT2D eigenvalue weighted by molar-refractivity contribution is 0.626. The average molecular weight is 302 g/mol. The van der Waals surface area contributed by atoms with Crippen LogP contribution in [-0.2, 0) is 6.42 Å². The summed E-state index contributed by atoms with van der Waals surface area (Å²) >= 11 is 9.08. The maximum absolute atomic E-state index is 12.7. The van der Waals surface area contributed by atoms with Gasteiger partial charge < -0.3 is 5.73 Å². The third kappa shape index (κ3) is 4.28. The number of halogens is 2. The summed E-state index contributed by atoms with van der Waals surface area (Å²) in [5.41, 5.74) is 6.06. The number of thiophene rings is 1. The van der Waals surface area contributed by atoms with Gasteiger partial charge in [-0.05, 0) is 42.8 Å². The molecule has 96 valence electrons. The first-order chi connectivity index (χ1) is 8.63. The minimum Gasteiger partial charge on any atom is -0.327 e. The fourth-order valence-electron chi connectivity index (χ4n) is 1.51. The third-order valence-electron chi connectivity index (χ3n) is 2.37. The summed E-state index contributed by atoms with van der Waals surface area (Å²) in [5.74, 6) is 0.595. The zero-order valence-electron chi connectivity index (χ0n) is 9.61. The molecule has 0 aliphatic rings. The van der Waals surface area contributed by atoms with Crippen LogP contribution >= 0.6 is 34.7 Å². The van der Waals surface area contributed by atoms with E-state index in [2.05, 4.69) is 0 Å². The summed E-state index contributed by atoms with van der Waals surface area (Å²) in [4.78, 5) is 2.24. The second-order valence-corrected chi connectivity index (χ2v) is 6.83. The molecule has 2 rings (SSSR count). The topological polar surface area (TPSA) is 26.0 Å². The molecule has 1 heterocycles. The van der Waals surface area contributed by atoms with E-state index < -0.39 is 0 Å². The Hall–Kier alpha value is -0.550. The van der Waals surface area contributed by atoms with E-state index >= 15 is 0 Å². The van der Waals surface area contributed by atoms with Gasteiger partial charge in [-0.25, -0.2) is 4.39 Å². The first-order valence-electron chi connectivity index (χ1n) is 5.51. The SMILES string of the molecule is NC(CSc1ccc(F)cc1)Cc1ccc(Cl)s1. The molecule has 1 atom stereocenters. The van der Waals surface area contributed by atoms with Gasteiger partial charge in [0.1, 0.15) is 5.82 Å². The zero-order valence-corrected chi connectivity index (χ0v) is 12.0. The van der Waals surface area contributed by atoms with Crippen molar-refractivity contribution < 1.29 is 4.39 Å². The molecule has 0 aliphatic heterocycles. The van der Waals surface area contributed by atoms with Crippen molar-refractivity contribution >= 4 is 34.7 Å². The van der Waals surface area contributed by atoms with Crippen molar-refractivity contribution in [1.29, 1.82) is 0 Å². The van der Waals surface area contributed by atoms with Crippen LogP contribution in [0.3, 0.4) is 0 Å². The normalized spacial score (nSPS) is 12.6. The third-order valence-corrected chi connectivity index (χ3v) is 4.82. The molecule has 0 radical (unpaired) electrons. The van der Waals surface area contributed by atoms with E-state index in [9.17, 15) is 4.39 Å². The Kier molecular flexibility index (Phi) is 5.06. The summed E-state index contributed by atoms with van der Waals surface area (Å²) in [6, 6.07) is 10.5. The summed E-state index contributed by atoms with van der Waals surface area (Å²) in [6.45, 7) is 0. The van der Waals surface area contributed by atoms with Gasteiger partial charge in [0.15, 0.2) is 0 Å². The van der Waals surface area contributed by atoms with E-state index in [0.29, 0.717) is 0 Å². The van der Waals surface area contributed by atoms with E-state index in [0.717, 1.165) is 21.4 Å². The molecule has 0 fully saturated rings. The fourth-order valence-corrected chi connectivity index (χ4v) is 3.55. The van der Waals surface area contributed by atoms with E-state index in [1.165, 1.54) is 17.0 Å². The standard InChI is InChI=1S/C13H13ClFNS2/c14-13-6-5-12(18-13)7-10(16)8-17-11-3-1-9(15)2-4-11/h1-6,10H,7-8,16H2. The smallest absolute Gasteiger partial charge is 0.123 e. The Morgan fingerprint density at radius 2 is 1.94 bits per heavy atom. The molecule has 5 heteroatoms. The molecule has 0 amide bonds. The van der Waals surface area contributed by atoms with Crippen LogP contribution in [0.2, 0.25) is 4.34 Å². The number of benzene rings is 1. The van der Waals surface area contributed by atoms with E-state index in [1.54, 1.807) is 35.2 Å². The van der Waals surface area contributed by atoms with Crippen molar-refractivity contribution in [2.24, 2.45) is 5.73 Å². The predicted molar refractivity (Wildman–Crippen MR) is 78.1 cm³/mol. The molecule has 2 N–H and O–H groups in total. The lowest BCUT2D eigenvalue weighted by atomic mass is 10.2. The Morgan fingerprint density at radius 1 is 1.22 bits per heavy atom. The van der Waals surface area contributed by atoms with E-state index in [4.69, 9.17) is 17.3 Å². The van der Waals surface area contributed by atoms with Crippen molar-refractivity contribution in [2.45, 2.75) is 17.4 Å². The second-order valence-electron chi connectivity index (χ2n) is 3.93. The van der Waals surface area contributed by atoms with Crippen LogP contribution < -0.4 is 5.73 Å². The van der Waals surface area contributed by atoms with E-state index in [1.807, 2.05) is 12.1 Å². The van der Waals surface area contributed by atoms with Crippen LogP contribution in [-0.4, -0.2) is 11.8 Å². The Labute approximate surface area is 119 Å². The first kappa shape index (κ1) is 13.9. The highest BCUT2D eigenvalue weighted by atomic mass is 35.5. The number of hydrogen-bond donors (Lipinski definition) is 1. The van der Waals surface area contributed by atoms with E-state index in [-0.39, 0.29) is 11.9 Å². The summed E-state index contributed by atoms with van der Waals surface area (Å²) in [5, 5.41) is 0. The molecule has 0 saturated heterocycles. The van der Waals surface area contributed by atoms with Gasteiger partial charge in [-0.1, -0.05) is 11.6 Å². The molecule has 1 aromatic heterocycles. The minimum atomic E-state index is -0.211. The number of hydrogen-bond acceptors (Lipinski definition) is 3. The molecular weight excluding hydrogens is 289 g/mol. The molecule has 0 aliphatic carbocycles. The molecule has 0 spiro atoms. The molecule has 0 saturated carbocycles. The van der Waals surface area contributed by atoms with Crippen molar-refractivity contribution in [3.63, 3.8) is 0 Å². The Bertz CT molecular complexity index is 498. The summed E-state index contributed by atoms with van der Waals surface area (Å²) in [7, 11) is 0. The highest BCUT2D eigenvalue weighted by Crippen LogP contribution is 2.24. The Balaban J connectivity index is 1.81. The summed E-state index contributed by atoms with van der Waals surface area (Å²) in [6.07, 6.45) is 0.825. The molecule has 1 nitrogen and oxygen atoms in total. The molecular formula is C13H13ClFNS2. The lowest BCUT2D eigenvalue weighted by Crippen LogP contribution is -2.25. The van der Waals surface area contributed by atoms with Gasteiger partial charge >= 0.3 is 0 Å².